The van der Waals surface area contributed by atoms with E-state index in [1.165, 1.54) is 6.07 Å². The van der Waals surface area contributed by atoms with Crippen LogP contribution in [0.2, 0.25) is 0 Å². The Hall–Kier alpha value is -2.31. The van der Waals surface area contributed by atoms with Crippen molar-refractivity contribution in [3.8, 4) is 0 Å². The van der Waals surface area contributed by atoms with Crippen LogP contribution in [0.4, 0.5) is 30.5 Å². The molecule has 0 saturated heterocycles. The molecule has 0 unspecified atom stereocenters. The van der Waals surface area contributed by atoms with E-state index in [0.29, 0.717) is 34.3 Å². The fraction of sp³-hybridized carbons (Fsp3) is 0.286. The maximum Gasteiger partial charge on any atom is 0.416 e. The zero-order valence-corrected chi connectivity index (χ0v) is 11.8. The Labute approximate surface area is 120 Å². The van der Waals surface area contributed by atoms with E-state index in [2.05, 4.69) is 15.3 Å². The zero-order valence-electron chi connectivity index (χ0n) is 11.8. The van der Waals surface area contributed by atoms with E-state index in [0.717, 1.165) is 12.1 Å². The summed E-state index contributed by atoms with van der Waals surface area (Å²) in [5.41, 5.74) is 6.64. The Bertz CT molecular complexity index is 681. The molecule has 4 nitrogen and oxygen atoms in total. The van der Waals surface area contributed by atoms with E-state index in [-0.39, 0.29) is 0 Å². The monoisotopic (exact) mass is 296 g/mol. The molecule has 3 N–H and O–H groups in total. The molecular weight excluding hydrogens is 281 g/mol. The minimum atomic E-state index is -4.39. The maximum atomic E-state index is 12.8. The number of nitrogens with two attached hydrogens (primary N) is 1. The molecule has 112 valence electrons. The third-order valence-electron chi connectivity index (χ3n) is 3.11. The fourth-order valence-corrected chi connectivity index (χ4v) is 1.83. The predicted octanol–water partition coefficient (Wildman–Crippen LogP) is 3.75. The van der Waals surface area contributed by atoms with E-state index in [1.54, 1.807) is 20.8 Å². The van der Waals surface area contributed by atoms with Crippen LogP contribution >= 0.6 is 0 Å². The average molecular weight is 296 g/mol. The Kier molecular flexibility index (Phi) is 3.76. The Morgan fingerprint density at radius 2 is 1.76 bits per heavy atom. The normalized spacial score (nSPS) is 11.5. The second-order valence-corrected chi connectivity index (χ2v) is 4.78. The first-order chi connectivity index (χ1) is 9.68. The van der Waals surface area contributed by atoms with E-state index in [1.807, 2.05) is 0 Å². The van der Waals surface area contributed by atoms with Crippen molar-refractivity contribution in [3.63, 3.8) is 0 Å². The highest BCUT2D eigenvalue weighted by Crippen LogP contribution is 2.33. The molecule has 0 radical (unpaired) electrons. The molecule has 1 aromatic carbocycles. The van der Waals surface area contributed by atoms with Gasteiger partial charge in [-0.1, -0.05) is 6.07 Å². The first-order valence-corrected chi connectivity index (χ1v) is 6.24. The summed E-state index contributed by atoms with van der Waals surface area (Å²) in [6.45, 7) is 5.09. The third-order valence-corrected chi connectivity index (χ3v) is 3.11. The van der Waals surface area contributed by atoms with Crippen LogP contribution in [0.5, 0.6) is 0 Å². The second kappa shape index (κ2) is 5.23. The van der Waals surface area contributed by atoms with Crippen LogP contribution in [0.1, 0.15) is 22.5 Å². The number of nitrogens with one attached hydrogen (secondary N) is 1. The highest BCUT2D eigenvalue weighted by molar-refractivity contribution is 5.66. The lowest BCUT2D eigenvalue weighted by Crippen LogP contribution is -2.08. The molecule has 0 saturated carbocycles. The third kappa shape index (κ3) is 3.24. The molecule has 2 aromatic rings. The number of aryl methyl sites for hydroxylation is 2. The van der Waals surface area contributed by atoms with Crippen molar-refractivity contribution in [1.29, 1.82) is 0 Å². The number of nitrogen functional groups attached to an aromatic ring is 1. The lowest BCUT2D eigenvalue weighted by molar-refractivity contribution is -0.137. The number of benzene rings is 1. The number of halogens is 3. The maximum absolute atomic E-state index is 12.8. The molecule has 0 fully saturated rings. The van der Waals surface area contributed by atoms with Crippen molar-refractivity contribution in [2.75, 3.05) is 11.1 Å². The van der Waals surface area contributed by atoms with Crippen LogP contribution in [-0.2, 0) is 6.18 Å². The number of hydrogen-bond acceptors (Lipinski definition) is 4. The minimum absolute atomic E-state index is 0.301. The number of hydrogen-bond donors (Lipinski definition) is 2. The molecule has 0 atom stereocenters. The Morgan fingerprint density at radius 3 is 2.38 bits per heavy atom. The number of alkyl halides is 3. The van der Waals surface area contributed by atoms with Gasteiger partial charge in [0.2, 0.25) is 0 Å². The summed E-state index contributed by atoms with van der Waals surface area (Å²) in [4.78, 5) is 8.18. The predicted molar refractivity (Wildman–Crippen MR) is 75.4 cm³/mol. The van der Waals surface area contributed by atoms with Gasteiger partial charge in [-0.15, -0.1) is 0 Å². The number of aromatic nitrogens is 2. The van der Waals surface area contributed by atoms with Crippen LogP contribution in [0.3, 0.4) is 0 Å². The largest absolute Gasteiger partial charge is 0.416 e. The first-order valence-electron chi connectivity index (χ1n) is 6.24. The molecule has 21 heavy (non-hydrogen) atoms. The summed E-state index contributed by atoms with van der Waals surface area (Å²) in [6, 6.07) is 3.52. The SMILES string of the molecule is Cc1nc(N)c(C)c(Nc2cc(C(F)(F)F)ccc2C)n1. The van der Waals surface area contributed by atoms with Gasteiger partial charge < -0.3 is 11.1 Å². The van der Waals surface area contributed by atoms with Crippen molar-refractivity contribution < 1.29 is 13.2 Å². The van der Waals surface area contributed by atoms with E-state index in [4.69, 9.17) is 5.73 Å². The molecular formula is C14H15F3N4. The van der Waals surface area contributed by atoms with Crippen molar-refractivity contribution in [2.24, 2.45) is 0 Å². The van der Waals surface area contributed by atoms with E-state index in [9.17, 15) is 13.2 Å². The summed E-state index contributed by atoms with van der Waals surface area (Å²) >= 11 is 0. The summed E-state index contributed by atoms with van der Waals surface area (Å²) in [5, 5.41) is 2.90. The zero-order chi connectivity index (χ0) is 15.8. The van der Waals surface area contributed by atoms with Crippen molar-refractivity contribution in [2.45, 2.75) is 26.9 Å². The molecule has 0 aliphatic heterocycles. The topological polar surface area (TPSA) is 63.8 Å². The lowest BCUT2D eigenvalue weighted by Gasteiger charge is -2.15. The van der Waals surface area contributed by atoms with Gasteiger partial charge in [0.15, 0.2) is 0 Å². The Morgan fingerprint density at radius 1 is 1.10 bits per heavy atom. The molecule has 0 amide bonds. The lowest BCUT2D eigenvalue weighted by atomic mass is 10.1. The molecule has 1 aromatic heterocycles. The summed E-state index contributed by atoms with van der Waals surface area (Å²) < 4.78 is 38.3. The fourth-order valence-electron chi connectivity index (χ4n) is 1.83. The van der Waals surface area contributed by atoms with Gasteiger partial charge in [0.25, 0.3) is 0 Å². The van der Waals surface area contributed by atoms with Gasteiger partial charge >= 0.3 is 6.18 Å². The highest BCUT2D eigenvalue weighted by atomic mass is 19.4. The van der Waals surface area contributed by atoms with Crippen LogP contribution in [0.15, 0.2) is 18.2 Å². The standard InChI is InChI=1S/C14H15F3N4/c1-7-4-5-10(14(15,16)17)6-11(7)21-13-8(2)12(18)19-9(3)20-13/h4-6H,1-3H3,(H3,18,19,20,21). The number of rotatable bonds is 2. The molecule has 0 bridgehead atoms. The molecule has 0 aliphatic carbocycles. The van der Waals surface area contributed by atoms with Crippen molar-refractivity contribution in [1.82, 2.24) is 9.97 Å². The van der Waals surface area contributed by atoms with Gasteiger partial charge in [0.05, 0.1) is 5.56 Å². The highest BCUT2D eigenvalue weighted by Gasteiger charge is 2.30. The summed E-state index contributed by atoms with van der Waals surface area (Å²) in [6.07, 6.45) is -4.39. The van der Waals surface area contributed by atoms with Gasteiger partial charge in [-0.05, 0) is 38.5 Å². The van der Waals surface area contributed by atoms with Crippen molar-refractivity contribution in [3.05, 3.63) is 40.7 Å². The first kappa shape index (κ1) is 15.1. The van der Waals surface area contributed by atoms with E-state index >= 15 is 0 Å². The second-order valence-electron chi connectivity index (χ2n) is 4.78. The number of anilines is 3. The quantitative estimate of drug-likeness (QED) is 0.886. The molecule has 7 heteroatoms. The van der Waals surface area contributed by atoms with Crippen LogP contribution in [0, 0.1) is 20.8 Å². The van der Waals surface area contributed by atoms with Gasteiger partial charge in [0, 0.05) is 11.3 Å². The van der Waals surface area contributed by atoms with Crippen LogP contribution in [-0.4, -0.2) is 9.97 Å². The van der Waals surface area contributed by atoms with Gasteiger partial charge in [0.1, 0.15) is 17.5 Å². The van der Waals surface area contributed by atoms with E-state index < -0.39 is 11.7 Å². The van der Waals surface area contributed by atoms with Gasteiger partial charge in [-0.2, -0.15) is 13.2 Å². The summed E-state index contributed by atoms with van der Waals surface area (Å²) in [5.74, 6) is 1.15. The average Bonchev–Trinajstić information content (AvgIpc) is 2.36. The van der Waals surface area contributed by atoms with Gasteiger partial charge in [-0.25, -0.2) is 9.97 Å². The Balaban J connectivity index is 2.45. The number of nitrogens with zero attached hydrogens (tertiary/aromatic N) is 2. The van der Waals surface area contributed by atoms with Crippen LogP contribution in [0.25, 0.3) is 0 Å². The molecule has 0 aliphatic rings. The van der Waals surface area contributed by atoms with Crippen molar-refractivity contribution >= 4 is 17.3 Å². The van der Waals surface area contributed by atoms with Crippen LogP contribution < -0.4 is 11.1 Å². The molecule has 0 spiro atoms. The molecule has 1 heterocycles. The smallest absolute Gasteiger partial charge is 0.383 e. The minimum Gasteiger partial charge on any atom is -0.383 e. The molecule has 2 rings (SSSR count). The van der Waals surface area contributed by atoms with Gasteiger partial charge in [-0.3, -0.25) is 0 Å². The summed E-state index contributed by atoms with van der Waals surface area (Å²) in [7, 11) is 0.